The molecule has 3 rings (SSSR count). The zero-order chi connectivity index (χ0) is 13.2. The van der Waals surface area contributed by atoms with Gasteiger partial charge in [0.15, 0.2) is 0 Å². The van der Waals surface area contributed by atoms with E-state index in [1.807, 2.05) is 48.5 Å². The fourth-order valence-electron chi connectivity index (χ4n) is 1.86. The molecule has 4 N–H and O–H groups in total. The van der Waals surface area contributed by atoms with Crippen LogP contribution in [0.1, 0.15) is 0 Å². The van der Waals surface area contributed by atoms with Crippen LogP contribution in [-0.2, 0) is 0 Å². The number of rotatable bonds is 2. The van der Waals surface area contributed by atoms with E-state index in [0.717, 1.165) is 16.8 Å². The van der Waals surface area contributed by atoms with Crippen molar-refractivity contribution in [1.29, 1.82) is 0 Å². The smallest absolute Gasteiger partial charge is 0.226 e. The SMILES string of the molecule is Nc1ccc(-c2nc(-c3cccc(N)c3)co2)cc1. The summed E-state index contributed by atoms with van der Waals surface area (Å²) >= 11 is 0. The topological polar surface area (TPSA) is 78.1 Å². The minimum Gasteiger partial charge on any atom is -0.444 e. The molecule has 94 valence electrons. The Balaban J connectivity index is 1.97. The van der Waals surface area contributed by atoms with Crippen LogP contribution in [0.25, 0.3) is 22.7 Å². The van der Waals surface area contributed by atoms with Crippen LogP contribution < -0.4 is 11.5 Å². The molecular formula is C15H13N3O. The summed E-state index contributed by atoms with van der Waals surface area (Å²) in [5.74, 6) is 0.567. The lowest BCUT2D eigenvalue weighted by Gasteiger charge is -1.97. The van der Waals surface area contributed by atoms with Gasteiger partial charge in [-0.3, -0.25) is 0 Å². The first kappa shape index (κ1) is 11.3. The predicted octanol–water partition coefficient (Wildman–Crippen LogP) is 3.17. The maximum absolute atomic E-state index is 5.76. The van der Waals surface area contributed by atoms with E-state index in [1.54, 1.807) is 6.26 Å². The fraction of sp³-hybridized carbons (Fsp3) is 0. The molecule has 19 heavy (non-hydrogen) atoms. The van der Waals surface area contributed by atoms with Crippen LogP contribution in [0.3, 0.4) is 0 Å². The second-order valence-corrected chi connectivity index (χ2v) is 4.29. The monoisotopic (exact) mass is 251 g/mol. The first-order chi connectivity index (χ1) is 9.22. The average Bonchev–Trinajstić information content (AvgIpc) is 2.89. The maximum atomic E-state index is 5.76. The van der Waals surface area contributed by atoms with Crippen LogP contribution >= 0.6 is 0 Å². The van der Waals surface area contributed by atoms with Crippen molar-refractivity contribution >= 4 is 11.4 Å². The number of anilines is 2. The van der Waals surface area contributed by atoms with E-state index < -0.39 is 0 Å². The molecule has 1 heterocycles. The lowest BCUT2D eigenvalue weighted by molar-refractivity contribution is 0.575. The van der Waals surface area contributed by atoms with E-state index >= 15 is 0 Å². The second kappa shape index (κ2) is 4.49. The molecule has 0 aliphatic rings. The van der Waals surface area contributed by atoms with E-state index in [1.165, 1.54) is 0 Å². The van der Waals surface area contributed by atoms with E-state index in [4.69, 9.17) is 15.9 Å². The Hall–Kier alpha value is -2.75. The van der Waals surface area contributed by atoms with Crippen LogP contribution in [0.2, 0.25) is 0 Å². The first-order valence-corrected chi connectivity index (χ1v) is 5.90. The third kappa shape index (κ3) is 2.28. The van der Waals surface area contributed by atoms with Gasteiger partial charge < -0.3 is 15.9 Å². The molecule has 0 radical (unpaired) electrons. The summed E-state index contributed by atoms with van der Waals surface area (Å²) in [7, 11) is 0. The number of nitrogens with two attached hydrogens (primary N) is 2. The molecule has 0 saturated carbocycles. The average molecular weight is 251 g/mol. The van der Waals surface area contributed by atoms with Gasteiger partial charge in [0.1, 0.15) is 12.0 Å². The van der Waals surface area contributed by atoms with Gasteiger partial charge in [-0.1, -0.05) is 12.1 Å². The standard InChI is InChI=1S/C15H13N3O/c16-12-6-4-10(5-7-12)15-18-14(9-19-15)11-2-1-3-13(17)8-11/h1-9H,16-17H2. The lowest BCUT2D eigenvalue weighted by atomic mass is 10.1. The van der Waals surface area contributed by atoms with Crippen LogP contribution in [0.5, 0.6) is 0 Å². The van der Waals surface area contributed by atoms with Crippen molar-refractivity contribution in [3.63, 3.8) is 0 Å². The van der Waals surface area contributed by atoms with Gasteiger partial charge in [0, 0.05) is 22.5 Å². The number of oxazole rings is 1. The molecule has 0 unspecified atom stereocenters. The van der Waals surface area contributed by atoms with E-state index in [0.29, 0.717) is 17.3 Å². The molecule has 3 aromatic rings. The molecule has 0 amide bonds. The molecular weight excluding hydrogens is 238 g/mol. The molecule has 0 spiro atoms. The van der Waals surface area contributed by atoms with Gasteiger partial charge in [-0.25, -0.2) is 4.98 Å². The Morgan fingerprint density at radius 2 is 1.63 bits per heavy atom. The van der Waals surface area contributed by atoms with Gasteiger partial charge in [-0.05, 0) is 36.4 Å². The highest BCUT2D eigenvalue weighted by Gasteiger charge is 2.08. The third-order valence-corrected chi connectivity index (χ3v) is 2.84. The van der Waals surface area contributed by atoms with Gasteiger partial charge in [0.2, 0.25) is 5.89 Å². The Morgan fingerprint density at radius 3 is 2.37 bits per heavy atom. The summed E-state index contributed by atoms with van der Waals surface area (Å²) in [5, 5.41) is 0. The zero-order valence-corrected chi connectivity index (χ0v) is 10.2. The highest BCUT2D eigenvalue weighted by Crippen LogP contribution is 2.26. The molecule has 0 fully saturated rings. The molecule has 4 nitrogen and oxygen atoms in total. The molecule has 0 saturated heterocycles. The molecule has 0 aliphatic heterocycles. The number of aromatic nitrogens is 1. The van der Waals surface area contributed by atoms with Crippen molar-refractivity contribution < 1.29 is 4.42 Å². The highest BCUT2D eigenvalue weighted by atomic mass is 16.3. The van der Waals surface area contributed by atoms with Crippen molar-refractivity contribution in [2.75, 3.05) is 11.5 Å². The second-order valence-electron chi connectivity index (χ2n) is 4.29. The minimum atomic E-state index is 0.567. The van der Waals surface area contributed by atoms with Gasteiger partial charge >= 0.3 is 0 Å². The van der Waals surface area contributed by atoms with Crippen molar-refractivity contribution in [2.24, 2.45) is 0 Å². The molecule has 0 aliphatic carbocycles. The summed E-state index contributed by atoms with van der Waals surface area (Å²) in [6.07, 6.45) is 1.63. The quantitative estimate of drug-likeness (QED) is 0.686. The summed E-state index contributed by atoms with van der Waals surface area (Å²) in [6, 6.07) is 14.9. The molecule has 4 heteroatoms. The van der Waals surface area contributed by atoms with Crippen molar-refractivity contribution in [1.82, 2.24) is 4.98 Å². The van der Waals surface area contributed by atoms with Gasteiger partial charge in [-0.15, -0.1) is 0 Å². The third-order valence-electron chi connectivity index (χ3n) is 2.84. The summed E-state index contributed by atoms with van der Waals surface area (Å²) < 4.78 is 5.49. The number of hydrogen-bond donors (Lipinski definition) is 2. The number of benzene rings is 2. The summed E-state index contributed by atoms with van der Waals surface area (Å²) in [4.78, 5) is 4.46. The zero-order valence-electron chi connectivity index (χ0n) is 10.2. The number of nitrogen functional groups attached to an aromatic ring is 2. The van der Waals surface area contributed by atoms with Crippen LogP contribution in [-0.4, -0.2) is 4.98 Å². The van der Waals surface area contributed by atoms with E-state index in [-0.39, 0.29) is 0 Å². The lowest BCUT2D eigenvalue weighted by Crippen LogP contribution is -1.86. The predicted molar refractivity (Wildman–Crippen MR) is 76.2 cm³/mol. The first-order valence-electron chi connectivity index (χ1n) is 5.90. The fourth-order valence-corrected chi connectivity index (χ4v) is 1.86. The van der Waals surface area contributed by atoms with Crippen molar-refractivity contribution in [2.45, 2.75) is 0 Å². The van der Waals surface area contributed by atoms with Gasteiger partial charge in [0.25, 0.3) is 0 Å². The largest absolute Gasteiger partial charge is 0.444 e. The van der Waals surface area contributed by atoms with Crippen molar-refractivity contribution in [3.05, 3.63) is 54.8 Å². The molecule has 2 aromatic carbocycles. The Kier molecular flexibility index (Phi) is 2.68. The van der Waals surface area contributed by atoms with Crippen LogP contribution in [0, 0.1) is 0 Å². The van der Waals surface area contributed by atoms with E-state index in [9.17, 15) is 0 Å². The van der Waals surface area contributed by atoms with E-state index in [2.05, 4.69) is 4.98 Å². The van der Waals surface area contributed by atoms with Crippen molar-refractivity contribution in [3.8, 4) is 22.7 Å². The minimum absolute atomic E-state index is 0.567. The molecule has 0 atom stereocenters. The molecule has 1 aromatic heterocycles. The Labute approximate surface area is 110 Å². The van der Waals surface area contributed by atoms with Gasteiger partial charge in [-0.2, -0.15) is 0 Å². The van der Waals surface area contributed by atoms with Crippen LogP contribution in [0.4, 0.5) is 11.4 Å². The maximum Gasteiger partial charge on any atom is 0.226 e. The summed E-state index contributed by atoms with van der Waals surface area (Å²) in [6.45, 7) is 0. The van der Waals surface area contributed by atoms with Gasteiger partial charge in [0.05, 0.1) is 0 Å². The molecule has 0 bridgehead atoms. The number of hydrogen-bond acceptors (Lipinski definition) is 4. The summed E-state index contributed by atoms with van der Waals surface area (Å²) in [5.41, 5.74) is 15.4. The number of nitrogens with zero attached hydrogens (tertiary/aromatic N) is 1. The van der Waals surface area contributed by atoms with Crippen LogP contribution in [0.15, 0.2) is 59.2 Å². The normalized spacial score (nSPS) is 10.5. The Bertz CT molecular complexity index is 701. The highest BCUT2D eigenvalue weighted by molar-refractivity contribution is 5.66. The Morgan fingerprint density at radius 1 is 0.842 bits per heavy atom.